The van der Waals surface area contributed by atoms with Gasteiger partial charge in [0.25, 0.3) is 0 Å². The standard InChI is InChI=1S/C21H28ClN3O3/c1-17-4-2-10-24(17)11-3-12-27-20-7-5-19(6-8-20)25-16-18(15-23-25)14-21(26)28-13-9-22/h5-8,15-17H,2-4,9-14H2,1H3. The van der Waals surface area contributed by atoms with E-state index in [0.717, 1.165) is 36.6 Å². The fourth-order valence-corrected chi connectivity index (χ4v) is 3.52. The van der Waals surface area contributed by atoms with E-state index in [0.29, 0.717) is 11.9 Å². The number of aromatic nitrogens is 2. The van der Waals surface area contributed by atoms with Gasteiger partial charge in [0.2, 0.25) is 0 Å². The Hall–Kier alpha value is -2.05. The molecule has 7 heteroatoms. The first-order chi connectivity index (χ1) is 13.7. The Balaban J connectivity index is 1.44. The number of carbonyl (C=O) groups excluding carboxylic acids is 1. The minimum Gasteiger partial charge on any atom is -0.494 e. The number of nitrogens with zero attached hydrogens (tertiary/aromatic N) is 3. The van der Waals surface area contributed by atoms with Crippen LogP contribution in [0.2, 0.25) is 0 Å². The Morgan fingerprint density at radius 3 is 2.82 bits per heavy atom. The molecule has 1 aromatic heterocycles. The van der Waals surface area contributed by atoms with Gasteiger partial charge in [-0.1, -0.05) is 0 Å². The van der Waals surface area contributed by atoms with Gasteiger partial charge in [-0.25, -0.2) is 4.68 Å². The third kappa shape index (κ3) is 5.97. The summed E-state index contributed by atoms with van der Waals surface area (Å²) >= 11 is 5.51. The molecule has 2 aromatic rings. The minimum absolute atomic E-state index is 0.188. The number of rotatable bonds is 10. The number of likely N-dealkylation sites (tertiary alicyclic amines) is 1. The smallest absolute Gasteiger partial charge is 0.310 e. The molecule has 0 N–H and O–H groups in total. The van der Waals surface area contributed by atoms with E-state index in [1.807, 2.05) is 30.5 Å². The van der Waals surface area contributed by atoms with E-state index in [1.165, 1.54) is 19.4 Å². The lowest BCUT2D eigenvalue weighted by Crippen LogP contribution is -2.28. The van der Waals surface area contributed by atoms with Gasteiger partial charge < -0.3 is 14.4 Å². The molecule has 0 radical (unpaired) electrons. The summed E-state index contributed by atoms with van der Waals surface area (Å²) in [5, 5.41) is 4.31. The Labute approximate surface area is 171 Å². The van der Waals surface area contributed by atoms with Crippen molar-refractivity contribution >= 4 is 17.6 Å². The van der Waals surface area contributed by atoms with Crippen molar-refractivity contribution in [2.45, 2.75) is 38.6 Å². The lowest BCUT2D eigenvalue weighted by molar-refractivity contribution is -0.142. The van der Waals surface area contributed by atoms with Crippen molar-refractivity contribution in [3.05, 3.63) is 42.2 Å². The van der Waals surface area contributed by atoms with Crippen LogP contribution < -0.4 is 4.74 Å². The summed E-state index contributed by atoms with van der Waals surface area (Å²) in [5.41, 5.74) is 1.72. The van der Waals surface area contributed by atoms with Crippen molar-refractivity contribution in [1.29, 1.82) is 0 Å². The number of halogens is 1. The van der Waals surface area contributed by atoms with E-state index >= 15 is 0 Å². The summed E-state index contributed by atoms with van der Waals surface area (Å²) < 4.78 is 12.6. The predicted octanol–water partition coefficient (Wildman–Crippen LogP) is 3.45. The maximum Gasteiger partial charge on any atom is 0.310 e. The third-order valence-electron chi connectivity index (χ3n) is 4.97. The number of hydrogen-bond acceptors (Lipinski definition) is 5. The van der Waals surface area contributed by atoms with Gasteiger partial charge in [-0.2, -0.15) is 5.10 Å². The summed E-state index contributed by atoms with van der Waals surface area (Å²) in [5.74, 6) is 0.860. The molecule has 1 aliphatic rings. The number of benzene rings is 1. The van der Waals surface area contributed by atoms with Gasteiger partial charge in [0, 0.05) is 24.3 Å². The van der Waals surface area contributed by atoms with Crippen LogP contribution in [0.25, 0.3) is 5.69 Å². The second-order valence-corrected chi connectivity index (χ2v) is 7.48. The van der Waals surface area contributed by atoms with Crippen molar-refractivity contribution in [3.63, 3.8) is 0 Å². The molecule has 152 valence electrons. The molecule has 0 bridgehead atoms. The summed E-state index contributed by atoms with van der Waals surface area (Å²) in [6, 6.07) is 8.52. The Bertz CT molecular complexity index is 748. The van der Waals surface area contributed by atoms with Crippen LogP contribution >= 0.6 is 11.6 Å². The first kappa shape index (κ1) is 20.7. The topological polar surface area (TPSA) is 56.6 Å². The Kier molecular flexibility index (Phi) is 7.74. The van der Waals surface area contributed by atoms with Crippen LogP contribution in [0.1, 0.15) is 31.7 Å². The maximum absolute atomic E-state index is 11.7. The van der Waals surface area contributed by atoms with Crippen LogP contribution in [0.3, 0.4) is 0 Å². The summed E-state index contributed by atoms with van der Waals surface area (Å²) in [4.78, 5) is 14.2. The van der Waals surface area contributed by atoms with Crippen molar-refractivity contribution in [1.82, 2.24) is 14.7 Å². The highest BCUT2D eigenvalue weighted by Crippen LogP contribution is 2.18. The van der Waals surface area contributed by atoms with Crippen LogP contribution in [0, 0.1) is 0 Å². The normalized spacial score (nSPS) is 17.0. The van der Waals surface area contributed by atoms with Gasteiger partial charge in [0.15, 0.2) is 0 Å². The molecule has 1 aliphatic heterocycles. The summed E-state index contributed by atoms with van der Waals surface area (Å²) in [7, 11) is 0. The average Bonchev–Trinajstić information content (AvgIpc) is 3.33. The Morgan fingerprint density at radius 2 is 2.11 bits per heavy atom. The van der Waals surface area contributed by atoms with Crippen molar-refractivity contribution < 1.29 is 14.3 Å². The molecule has 1 fully saturated rings. The quantitative estimate of drug-likeness (QED) is 0.344. The third-order valence-corrected chi connectivity index (χ3v) is 5.13. The molecule has 1 aromatic carbocycles. The molecule has 0 amide bonds. The summed E-state index contributed by atoms with van der Waals surface area (Å²) in [6.45, 7) is 5.57. The zero-order valence-electron chi connectivity index (χ0n) is 16.3. The molecule has 0 saturated carbocycles. The molecule has 0 aliphatic carbocycles. The minimum atomic E-state index is -0.299. The Morgan fingerprint density at radius 1 is 1.29 bits per heavy atom. The molecule has 6 nitrogen and oxygen atoms in total. The second kappa shape index (κ2) is 10.5. The number of hydrogen-bond donors (Lipinski definition) is 0. The van der Waals surface area contributed by atoms with Gasteiger partial charge in [-0.3, -0.25) is 4.79 Å². The second-order valence-electron chi connectivity index (χ2n) is 7.10. The number of esters is 1. The largest absolute Gasteiger partial charge is 0.494 e. The molecule has 3 rings (SSSR count). The van der Waals surface area contributed by atoms with Gasteiger partial charge in [-0.05, 0) is 57.0 Å². The van der Waals surface area contributed by atoms with Crippen molar-refractivity contribution in [2.24, 2.45) is 0 Å². The van der Waals surface area contributed by atoms with Crippen molar-refractivity contribution in [3.8, 4) is 11.4 Å². The van der Waals surface area contributed by atoms with E-state index in [9.17, 15) is 4.79 Å². The molecule has 2 heterocycles. The highest BCUT2D eigenvalue weighted by Gasteiger charge is 2.19. The van der Waals surface area contributed by atoms with E-state index in [1.54, 1.807) is 10.9 Å². The SMILES string of the molecule is CC1CCCN1CCCOc1ccc(-n2cc(CC(=O)OCCCl)cn2)cc1. The average molecular weight is 406 g/mol. The highest BCUT2D eigenvalue weighted by atomic mass is 35.5. The molecular weight excluding hydrogens is 378 g/mol. The van der Waals surface area contributed by atoms with E-state index < -0.39 is 0 Å². The van der Waals surface area contributed by atoms with Crippen LogP contribution in [-0.2, 0) is 16.0 Å². The van der Waals surface area contributed by atoms with Crippen LogP contribution in [0.5, 0.6) is 5.75 Å². The lowest BCUT2D eigenvalue weighted by Gasteiger charge is -2.20. The molecular formula is C21H28ClN3O3. The predicted molar refractivity (Wildman–Crippen MR) is 109 cm³/mol. The monoisotopic (exact) mass is 405 g/mol. The maximum atomic E-state index is 11.7. The fourth-order valence-electron chi connectivity index (χ4n) is 3.44. The lowest BCUT2D eigenvalue weighted by atomic mass is 10.2. The van der Waals surface area contributed by atoms with E-state index in [2.05, 4.69) is 16.9 Å². The fraction of sp³-hybridized carbons (Fsp3) is 0.524. The van der Waals surface area contributed by atoms with Gasteiger partial charge >= 0.3 is 5.97 Å². The molecule has 1 unspecified atom stereocenters. The van der Waals surface area contributed by atoms with Crippen molar-refractivity contribution in [2.75, 3.05) is 32.2 Å². The van der Waals surface area contributed by atoms with Crippen LogP contribution in [-0.4, -0.2) is 58.9 Å². The highest BCUT2D eigenvalue weighted by molar-refractivity contribution is 6.18. The zero-order valence-corrected chi connectivity index (χ0v) is 17.1. The van der Waals surface area contributed by atoms with Gasteiger partial charge in [0.1, 0.15) is 12.4 Å². The number of ether oxygens (including phenoxy) is 2. The van der Waals surface area contributed by atoms with Gasteiger partial charge in [0.05, 0.1) is 30.8 Å². The van der Waals surface area contributed by atoms with E-state index in [4.69, 9.17) is 21.1 Å². The van der Waals surface area contributed by atoms with Crippen LogP contribution in [0.4, 0.5) is 0 Å². The first-order valence-corrected chi connectivity index (χ1v) is 10.4. The van der Waals surface area contributed by atoms with E-state index in [-0.39, 0.29) is 19.0 Å². The number of carbonyl (C=O) groups is 1. The zero-order chi connectivity index (χ0) is 19.8. The van der Waals surface area contributed by atoms with Gasteiger partial charge in [-0.15, -0.1) is 11.6 Å². The first-order valence-electron chi connectivity index (χ1n) is 9.88. The van der Waals surface area contributed by atoms with Crippen LogP contribution in [0.15, 0.2) is 36.7 Å². The molecule has 0 spiro atoms. The molecule has 28 heavy (non-hydrogen) atoms. The number of alkyl halides is 1. The summed E-state index contributed by atoms with van der Waals surface area (Å²) in [6.07, 6.45) is 7.35. The molecule has 1 saturated heterocycles. The molecule has 1 atom stereocenters.